The van der Waals surface area contributed by atoms with E-state index in [1.165, 1.54) is 29.2 Å². The molecule has 0 radical (unpaired) electrons. The molecule has 3 N–H and O–H groups in total. The molecule has 0 aliphatic carbocycles. The Morgan fingerprint density at radius 3 is 2.14 bits per heavy atom. The molecule has 0 saturated carbocycles. The minimum absolute atomic E-state index is 0.000508. The van der Waals surface area contributed by atoms with Crippen molar-refractivity contribution < 1.29 is 22.8 Å². The van der Waals surface area contributed by atoms with Crippen LogP contribution in [0.15, 0.2) is 60.7 Å². The van der Waals surface area contributed by atoms with Gasteiger partial charge in [-0.2, -0.15) is 0 Å². The number of carbonyl (C=O) groups is 2. The lowest BCUT2D eigenvalue weighted by molar-refractivity contribution is 0.0672. The number of anilines is 1. The van der Waals surface area contributed by atoms with Gasteiger partial charge < -0.3 is 16.0 Å². The minimum atomic E-state index is -0.866. The van der Waals surface area contributed by atoms with E-state index in [1.54, 1.807) is 18.2 Å². The van der Waals surface area contributed by atoms with E-state index in [4.69, 9.17) is 17.3 Å². The van der Waals surface area contributed by atoms with Crippen LogP contribution in [0.2, 0.25) is 5.02 Å². The van der Waals surface area contributed by atoms with E-state index in [1.807, 2.05) is 13.8 Å². The Bertz CT molecular complexity index is 1210. The molecule has 0 aliphatic heterocycles. The van der Waals surface area contributed by atoms with Crippen molar-refractivity contribution in [3.8, 4) is 0 Å². The molecule has 9 heteroatoms. The topological polar surface area (TPSA) is 75.4 Å². The third kappa shape index (κ3) is 7.07. The van der Waals surface area contributed by atoms with Crippen molar-refractivity contribution in [2.75, 3.05) is 18.4 Å². The second kappa shape index (κ2) is 10.9. The summed E-state index contributed by atoms with van der Waals surface area (Å²) in [5.74, 6) is -3.24. The maximum Gasteiger partial charge on any atom is 0.255 e. The van der Waals surface area contributed by atoms with E-state index < -0.39 is 34.7 Å². The lowest BCUT2D eigenvalue weighted by Crippen LogP contribution is -2.41. The number of nitrogens with zero attached hydrogens (tertiary/aromatic N) is 1. The fourth-order valence-corrected chi connectivity index (χ4v) is 3.60. The van der Waals surface area contributed by atoms with Gasteiger partial charge in [-0.25, -0.2) is 13.2 Å². The maximum atomic E-state index is 13.8. The van der Waals surface area contributed by atoms with Crippen LogP contribution in [-0.2, 0) is 6.54 Å². The van der Waals surface area contributed by atoms with Gasteiger partial charge in [-0.05, 0) is 72.1 Å². The van der Waals surface area contributed by atoms with Crippen LogP contribution in [0.4, 0.5) is 18.9 Å². The third-order valence-corrected chi connectivity index (χ3v) is 5.71. The molecule has 0 fully saturated rings. The molecule has 184 valence electrons. The Hall–Kier alpha value is -3.36. The van der Waals surface area contributed by atoms with E-state index in [2.05, 4.69) is 5.32 Å². The average molecular weight is 504 g/mol. The fourth-order valence-electron chi connectivity index (χ4n) is 3.42. The van der Waals surface area contributed by atoms with Crippen molar-refractivity contribution in [1.82, 2.24) is 4.90 Å². The molecule has 0 unspecified atom stereocenters. The Morgan fingerprint density at radius 2 is 1.54 bits per heavy atom. The summed E-state index contributed by atoms with van der Waals surface area (Å²) in [5, 5.41) is 3.04. The van der Waals surface area contributed by atoms with Gasteiger partial charge in [0.15, 0.2) is 0 Å². The molecule has 5 nitrogen and oxygen atoms in total. The van der Waals surface area contributed by atoms with Gasteiger partial charge in [0.2, 0.25) is 0 Å². The number of hydrogen-bond acceptors (Lipinski definition) is 3. The Labute approximate surface area is 206 Å². The molecule has 3 aromatic carbocycles. The van der Waals surface area contributed by atoms with Crippen LogP contribution in [-0.4, -0.2) is 29.8 Å². The van der Waals surface area contributed by atoms with Crippen LogP contribution in [0.1, 0.15) is 40.1 Å². The number of halogens is 4. The van der Waals surface area contributed by atoms with Gasteiger partial charge in [0.05, 0.1) is 0 Å². The van der Waals surface area contributed by atoms with Crippen LogP contribution in [0.5, 0.6) is 0 Å². The largest absolute Gasteiger partial charge is 0.334 e. The Morgan fingerprint density at radius 1 is 0.914 bits per heavy atom. The smallest absolute Gasteiger partial charge is 0.255 e. The lowest BCUT2D eigenvalue weighted by Gasteiger charge is -2.32. The van der Waals surface area contributed by atoms with Crippen molar-refractivity contribution in [2.45, 2.75) is 20.4 Å². The normalized spacial score (nSPS) is 11.3. The van der Waals surface area contributed by atoms with Crippen molar-refractivity contribution >= 4 is 29.1 Å². The maximum absolute atomic E-state index is 13.8. The molecule has 0 aliphatic rings. The molecule has 0 atom stereocenters. The van der Waals surface area contributed by atoms with Gasteiger partial charge in [0, 0.05) is 41.0 Å². The predicted octanol–water partition coefficient (Wildman–Crippen LogP) is 5.64. The summed E-state index contributed by atoms with van der Waals surface area (Å²) in [6.07, 6.45) is 0. The second-order valence-electron chi connectivity index (χ2n) is 8.95. The van der Waals surface area contributed by atoms with Crippen LogP contribution < -0.4 is 11.1 Å². The molecule has 2 amide bonds. The fraction of sp³-hybridized carbons (Fsp3) is 0.231. The van der Waals surface area contributed by atoms with Crippen molar-refractivity contribution in [1.29, 1.82) is 0 Å². The second-order valence-corrected chi connectivity index (χ2v) is 9.36. The first-order valence-electron chi connectivity index (χ1n) is 10.8. The van der Waals surface area contributed by atoms with Gasteiger partial charge in [-0.3, -0.25) is 9.59 Å². The molecular formula is C26H25ClF3N3O2. The molecule has 0 saturated heterocycles. The quantitative estimate of drug-likeness (QED) is 0.418. The van der Waals surface area contributed by atoms with Crippen LogP contribution >= 0.6 is 11.6 Å². The number of hydrogen-bond donors (Lipinski definition) is 2. The monoisotopic (exact) mass is 503 g/mol. The molecule has 3 rings (SSSR count). The summed E-state index contributed by atoms with van der Waals surface area (Å²) in [6, 6.07) is 12.5. The summed E-state index contributed by atoms with van der Waals surface area (Å²) < 4.78 is 40.7. The SMILES string of the molecule is CC(C)(CN)CN(Cc1cc(NC(=O)c2ccc(F)cc2)ccc1Cl)C(=O)c1cc(F)cc(F)c1. The van der Waals surface area contributed by atoms with Gasteiger partial charge >= 0.3 is 0 Å². The molecule has 0 aromatic heterocycles. The number of carbonyl (C=O) groups excluding carboxylic acids is 2. The number of amides is 2. The highest BCUT2D eigenvalue weighted by Gasteiger charge is 2.26. The zero-order chi connectivity index (χ0) is 25.8. The first-order chi connectivity index (χ1) is 16.5. The first-order valence-corrected chi connectivity index (χ1v) is 11.2. The van der Waals surface area contributed by atoms with Crippen LogP contribution in [0, 0.1) is 22.9 Å². The third-order valence-electron chi connectivity index (χ3n) is 5.34. The number of nitrogens with one attached hydrogen (secondary N) is 1. The number of nitrogens with two attached hydrogens (primary N) is 1. The van der Waals surface area contributed by atoms with Crippen LogP contribution in [0.3, 0.4) is 0 Å². The first kappa shape index (κ1) is 26.2. The van der Waals surface area contributed by atoms with E-state index in [0.29, 0.717) is 22.3 Å². The van der Waals surface area contributed by atoms with Crippen molar-refractivity contribution in [3.63, 3.8) is 0 Å². The summed E-state index contributed by atoms with van der Waals surface area (Å²) in [6.45, 7) is 4.17. The van der Waals surface area contributed by atoms with Gasteiger partial charge in [0.1, 0.15) is 17.5 Å². The zero-order valence-corrected chi connectivity index (χ0v) is 20.0. The van der Waals surface area contributed by atoms with Crippen molar-refractivity contribution in [2.24, 2.45) is 11.1 Å². The van der Waals surface area contributed by atoms with E-state index in [-0.39, 0.29) is 30.8 Å². The molecular weight excluding hydrogens is 479 g/mol. The highest BCUT2D eigenvalue weighted by atomic mass is 35.5. The standard InChI is InChI=1S/C26H25ClF3N3O2/c1-26(2,14-31)15-33(25(35)17-9-20(29)12-21(30)10-17)13-18-11-22(7-8-23(18)27)32-24(34)16-3-5-19(28)6-4-16/h3-12H,13-15,31H2,1-2H3,(H,32,34). The van der Waals surface area contributed by atoms with Gasteiger partial charge in [-0.15, -0.1) is 0 Å². The molecule has 3 aromatic rings. The van der Waals surface area contributed by atoms with Crippen molar-refractivity contribution in [3.05, 3.63) is 99.8 Å². The highest BCUT2D eigenvalue weighted by molar-refractivity contribution is 6.31. The summed E-state index contributed by atoms with van der Waals surface area (Å²) in [4.78, 5) is 27.2. The molecule has 0 spiro atoms. The average Bonchev–Trinajstić information content (AvgIpc) is 2.80. The van der Waals surface area contributed by atoms with Crippen LogP contribution in [0.25, 0.3) is 0 Å². The number of benzene rings is 3. The summed E-state index contributed by atoms with van der Waals surface area (Å²) in [7, 11) is 0. The Kier molecular flexibility index (Phi) is 8.19. The van der Waals surface area contributed by atoms with E-state index in [9.17, 15) is 22.8 Å². The van der Waals surface area contributed by atoms with E-state index >= 15 is 0 Å². The van der Waals surface area contributed by atoms with E-state index in [0.717, 1.165) is 12.1 Å². The van der Waals surface area contributed by atoms with Gasteiger partial charge in [0.25, 0.3) is 11.8 Å². The summed E-state index contributed by atoms with van der Waals surface area (Å²) in [5.41, 5.74) is 6.38. The number of rotatable bonds is 8. The molecule has 35 heavy (non-hydrogen) atoms. The predicted molar refractivity (Wildman–Crippen MR) is 130 cm³/mol. The van der Waals surface area contributed by atoms with Gasteiger partial charge in [-0.1, -0.05) is 25.4 Å². The zero-order valence-electron chi connectivity index (χ0n) is 19.2. The molecule has 0 heterocycles. The lowest BCUT2D eigenvalue weighted by atomic mass is 9.92. The Balaban J connectivity index is 1.89. The minimum Gasteiger partial charge on any atom is -0.334 e. The highest BCUT2D eigenvalue weighted by Crippen LogP contribution is 2.26. The summed E-state index contributed by atoms with van der Waals surface area (Å²) >= 11 is 6.38. The molecule has 0 bridgehead atoms.